The van der Waals surface area contributed by atoms with Crippen LogP contribution in [0.15, 0.2) is 29.8 Å². The summed E-state index contributed by atoms with van der Waals surface area (Å²) in [4.78, 5) is 37.3. The van der Waals surface area contributed by atoms with E-state index < -0.39 is 5.97 Å². The molecule has 6 heteroatoms. The van der Waals surface area contributed by atoms with Gasteiger partial charge in [-0.15, -0.1) is 0 Å². The Bertz CT molecular complexity index is 725. The largest absolute Gasteiger partial charge is 0.478 e. The van der Waals surface area contributed by atoms with Crippen LogP contribution in [0.3, 0.4) is 0 Å². The molecule has 3 rings (SSSR count). The van der Waals surface area contributed by atoms with Crippen LogP contribution in [0, 0.1) is 11.8 Å². The van der Waals surface area contributed by atoms with Gasteiger partial charge in [0.1, 0.15) is 0 Å². The fourth-order valence-corrected chi connectivity index (χ4v) is 3.31. The van der Waals surface area contributed by atoms with E-state index in [1.54, 1.807) is 0 Å². The standard InChI is InChI=1S/C16H14ClNO4/c1-8-2-4-10-11(6-8)15(20)18(14(10)19)9-3-5-13(17)12(7-9)16(21)22/h2-3,5,7,10-11H,4,6H2,1H3,(H,21,22). The van der Waals surface area contributed by atoms with E-state index in [4.69, 9.17) is 16.7 Å². The van der Waals surface area contributed by atoms with Crippen molar-refractivity contribution in [2.24, 2.45) is 11.8 Å². The Morgan fingerprint density at radius 2 is 1.95 bits per heavy atom. The Kier molecular flexibility index (Phi) is 3.53. The van der Waals surface area contributed by atoms with Crippen molar-refractivity contribution in [3.05, 3.63) is 40.4 Å². The van der Waals surface area contributed by atoms with Crippen LogP contribution >= 0.6 is 11.6 Å². The van der Waals surface area contributed by atoms with Crippen molar-refractivity contribution >= 4 is 35.1 Å². The molecule has 1 aliphatic heterocycles. The Morgan fingerprint density at radius 3 is 2.64 bits per heavy atom. The van der Waals surface area contributed by atoms with Crippen LogP contribution in [-0.4, -0.2) is 22.9 Å². The van der Waals surface area contributed by atoms with E-state index >= 15 is 0 Å². The van der Waals surface area contributed by atoms with Crippen molar-refractivity contribution < 1.29 is 19.5 Å². The van der Waals surface area contributed by atoms with Gasteiger partial charge in [0.25, 0.3) is 0 Å². The highest BCUT2D eigenvalue weighted by atomic mass is 35.5. The number of hydrogen-bond acceptors (Lipinski definition) is 3. The summed E-state index contributed by atoms with van der Waals surface area (Å²) in [5, 5.41) is 9.20. The number of rotatable bonds is 2. The van der Waals surface area contributed by atoms with E-state index in [1.807, 2.05) is 13.0 Å². The van der Waals surface area contributed by atoms with Crippen LogP contribution in [0.5, 0.6) is 0 Å². The number of anilines is 1. The normalized spacial score (nSPS) is 24.3. The van der Waals surface area contributed by atoms with Gasteiger partial charge in [-0.25, -0.2) is 4.79 Å². The first-order valence-electron chi connectivity index (χ1n) is 6.96. The van der Waals surface area contributed by atoms with Gasteiger partial charge in [0.05, 0.1) is 28.1 Å². The predicted octanol–water partition coefficient (Wildman–Crippen LogP) is 2.88. The van der Waals surface area contributed by atoms with Crippen LogP contribution in [-0.2, 0) is 9.59 Å². The summed E-state index contributed by atoms with van der Waals surface area (Å²) in [5.74, 6) is -2.42. The van der Waals surface area contributed by atoms with Crippen molar-refractivity contribution in [2.45, 2.75) is 19.8 Å². The first kappa shape index (κ1) is 14.8. The van der Waals surface area contributed by atoms with Gasteiger partial charge < -0.3 is 5.11 Å². The summed E-state index contributed by atoms with van der Waals surface area (Å²) in [6.07, 6.45) is 3.11. The lowest BCUT2D eigenvalue weighted by Crippen LogP contribution is -2.31. The van der Waals surface area contributed by atoms with E-state index in [2.05, 4.69) is 0 Å². The second kappa shape index (κ2) is 5.25. The molecule has 5 nitrogen and oxygen atoms in total. The van der Waals surface area contributed by atoms with Gasteiger partial charge in [-0.05, 0) is 38.0 Å². The maximum absolute atomic E-state index is 12.6. The molecule has 1 heterocycles. The van der Waals surface area contributed by atoms with E-state index in [9.17, 15) is 14.4 Å². The molecule has 1 fully saturated rings. The van der Waals surface area contributed by atoms with Gasteiger partial charge in [0.2, 0.25) is 11.8 Å². The summed E-state index contributed by atoms with van der Waals surface area (Å²) in [7, 11) is 0. The van der Waals surface area contributed by atoms with Crippen LogP contribution in [0.1, 0.15) is 30.1 Å². The number of hydrogen-bond donors (Lipinski definition) is 1. The monoisotopic (exact) mass is 319 g/mol. The van der Waals surface area contributed by atoms with Gasteiger partial charge >= 0.3 is 5.97 Å². The average Bonchev–Trinajstić information content (AvgIpc) is 2.71. The highest BCUT2D eigenvalue weighted by Crippen LogP contribution is 2.40. The number of carboxylic acids is 1. The number of imide groups is 1. The SMILES string of the molecule is CC1=CCC2C(=O)N(c3ccc(Cl)c(C(=O)O)c3)C(=O)C2C1. The second-order valence-corrected chi connectivity index (χ2v) is 6.09. The molecule has 1 aliphatic carbocycles. The molecule has 114 valence electrons. The lowest BCUT2D eigenvalue weighted by molar-refractivity contribution is -0.122. The summed E-state index contributed by atoms with van der Waals surface area (Å²) in [6.45, 7) is 1.95. The fraction of sp³-hybridized carbons (Fsp3) is 0.312. The molecule has 22 heavy (non-hydrogen) atoms. The number of carbonyl (C=O) groups is 3. The molecule has 2 aliphatic rings. The minimum atomic E-state index is -1.19. The maximum atomic E-state index is 12.6. The number of halogens is 1. The molecule has 0 bridgehead atoms. The van der Waals surface area contributed by atoms with Crippen molar-refractivity contribution in [1.29, 1.82) is 0 Å². The van der Waals surface area contributed by atoms with Crippen LogP contribution in [0.25, 0.3) is 0 Å². The second-order valence-electron chi connectivity index (χ2n) is 5.68. The smallest absolute Gasteiger partial charge is 0.337 e. The first-order chi connectivity index (χ1) is 10.4. The lowest BCUT2D eigenvalue weighted by Gasteiger charge is -2.18. The fourth-order valence-electron chi connectivity index (χ4n) is 3.11. The van der Waals surface area contributed by atoms with Gasteiger partial charge in [-0.1, -0.05) is 23.3 Å². The first-order valence-corrected chi connectivity index (χ1v) is 7.34. The Morgan fingerprint density at radius 1 is 1.27 bits per heavy atom. The number of aromatic carboxylic acids is 1. The van der Waals surface area contributed by atoms with Crippen LogP contribution in [0.4, 0.5) is 5.69 Å². The summed E-state index contributed by atoms with van der Waals surface area (Å²) in [6, 6.07) is 4.17. The number of amides is 2. The topological polar surface area (TPSA) is 74.7 Å². The molecular formula is C16H14ClNO4. The van der Waals surface area contributed by atoms with Gasteiger partial charge in [-0.3, -0.25) is 14.5 Å². The van der Waals surface area contributed by atoms with E-state index in [-0.39, 0.29) is 39.9 Å². The lowest BCUT2D eigenvalue weighted by atomic mass is 9.82. The molecule has 2 unspecified atom stereocenters. The molecule has 0 saturated carbocycles. The Balaban J connectivity index is 2.00. The highest BCUT2D eigenvalue weighted by molar-refractivity contribution is 6.34. The third kappa shape index (κ3) is 2.22. The number of carboxylic acid groups (broad SMARTS) is 1. The Hall–Kier alpha value is -2.14. The molecule has 1 N–H and O–H groups in total. The average molecular weight is 320 g/mol. The molecule has 0 spiro atoms. The number of nitrogens with zero attached hydrogens (tertiary/aromatic N) is 1. The van der Waals surface area contributed by atoms with Gasteiger partial charge in [0, 0.05) is 0 Å². The van der Waals surface area contributed by atoms with Gasteiger partial charge in [0.15, 0.2) is 0 Å². The zero-order valence-corrected chi connectivity index (χ0v) is 12.6. The number of fused-ring (bicyclic) bond motifs is 1. The van der Waals surface area contributed by atoms with Crippen molar-refractivity contribution in [2.75, 3.05) is 4.90 Å². The summed E-state index contributed by atoms with van der Waals surface area (Å²) >= 11 is 5.83. The minimum Gasteiger partial charge on any atom is -0.478 e. The van der Waals surface area contributed by atoms with Crippen LogP contribution < -0.4 is 4.90 Å². The van der Waals surface area contributed by atoms with E-state index in [0.717, 1.165) is 10.5 Å². The Labute approximate surface area is 132 Å². The van der Waals surface area contributed by atoms with Crippen LogP contribution in [0.2, 0.25) is 5.02 Å². The highest BCUT2D eigenvalue weighted by Gasteiger charge is 2.48. The zero-order valence-electron chi connectivity index (χ0n) is 11.9. The molecule has 1 aromatic carbocycles. The maximum Gasteiger partial charge on any atom is 0.337 e. The third-order valence-corrected chi connectivity index (χ3v) is 4.59. The zero-order chi connectivity index (χ0) is 16.0. The number of carbonyl (C=O) groups excluding carboxylic acids is 2. The molecular weight excluding hydrogens is 306 g/mol. The molecule has 1 saturated heterocycles. The number of benzene rings is 1. The molecule has 2 atom stereocenters. The number of allylic oxidation sites excluding steroid dienone is 2. The van der Waals surface area contributed by atoms with Crippen molar-refractivity contribution in [3.8, 4) is 0 Å². The molecule has 0 radical (unpaired) electrons. The van der Waals surface area contributed by atoms with E-state index in [1.165, 1.54) is 18.2 Å². The molecule has 1 aromatic rings. The van der Waals surface area contributed by atoms with Crippen molar-refractivity contribution in [3.63, 3.8) is 0 Å². The summed E-state index contributed by atoms with van der Waals surface area (Å²) < 4.78 is 0. The third-order valence-electron chi connectivity index (χ3n) is 4.26. The minimum absolute atomic E-state index is 0.0743. The van der Waals surface area contributed by atoms with Gasteiger partial charge in [-0.2, -0.15) is 0 Å². The molecule has 2 amide bonds. The summed E-state index contributed by atoms with van der Waals surface area (Å²) in [5.41, 5.74) is 1.25. The quantitative estimate of drug-likeness (QED) is 0.672. The van der Waals surface area contributed by atoms with E-state index in [0.29, 0.717) is 12.8 Å². The van der Waals surface area contributed by atoms with Crippen molar-refractivity contribution in [1.82, 2.24) is 0 Å². The predicted molar refractivity (Wildman–Crippen MR) is 80.9 cm³/mol. The molecule has 0 aromatic heterocycles.